The van der Waals surface area contributed by atoms with E-state index in [0.29, 0.717) is 35.6 Å². The molecule has 0 spiro atoms. The summed E-state index contributed by atoms with van der Waals surface area (Å²) < 4.78 is 44.2. The normalized spacial score (nSPS) is 15.5. The van der Waals surface area contributed by atoms with Crippen LogP contribution in [0.3, 0.4) is 0 Å². The molecule has 1 atom stereocenters. The van der Waals surface area contributed by atoms with E-state index in [1.807, 2.05) is 13.0 Å². The van der Waals surface area contributed by atoms with Crippen LogP contribution in [0.25, 0.3) is 16.9 Å². The number of halogens is 3. The van der Waals surface area contributed by atoms with Crippen molar-refractivity contribution in [1.82, 2.24) is 29.4 Å². The Morgan fingerprint density at radius 1 is 1.12 bits per heavy atom. The zero-order valence-electron chi connectivity index (χ0n) is 17.8. The molecule has 4 aromatic rings. The molecule has 1 amide bonds. The van der Waals surface area contributed by atoms with Crippen molar-refractivity contribution in [2.75, 3.05) is 6.54 Å². The fourth-order valence-corrected chi connectivity index (χ4v) is 4.36. The molecule has 0 aliphatic carbocycles. The predicted molar refractivity (Wildman–Crippen MR) is 113 cm³/mol. The van der Waals surface area contributed by atoms with E-state index >= 15 is 0 Å². The summed E-state index contributed by atoms with van der Waals surface area (Å²) in [6, 6.07) is 8.65. The summed E-state index contributed by atoms with van der Waals surface area (Å²) in [5, 5.41) is 8.63. The maximum absolute atomic E-state index is 13.9. The number of carbonyl (C=O) groups excluding carboxylic acids is 1. The average Bonchev–Trinajstić information content (AvgIpc) is 3.45. The van der Waals surface area contributed by atoms with Crippen LogP contribution in [-0.4, -0.2) is 41.9 Å². The fraction of sp³-hybridized carbons (Fsp3) is 0.217. The SMILES string of the molecule is C[C@H]1c2nn(C)c(-c3cc(F)c(F)c(F)c3)c2CCN1C(=O)c1cccc(-n2cncn2)c1. The Morgan fingerprint density at radius 3 is 2.58 bits per heavy atom. The zero-order valence-corrected chi connectivity index (χ0v) is 17.8. The molecule has 7 nitrogen and oxygen atoms in total. The van der Waals surface area contributed by atoms with Gasteiger partial charge in [-0.15, -0.1) is 0 Å². The standard InChI is InChI=1S/C23H19F3N6O/c1-13-21-17(22(30(2)29-21)15-9-18(24)20(26)19(25)10-15)6-7-31(13)23(33)14-4-3-5-16(8-14)32-12-27-11-28-32/h3-5,8-13H,6-7H2,1-2H3/t13-/m0/s1. The second-order valence-corrected chi connectivity index (χ2v) is 7.90. The highest BCUT2D eigenvalue weighted by Gasteiger charge is 2.33. The summed E-state index contributed by atoms with van der Waals surface area (Å²) in [6.45, 7) is 2.26. The van der Waals surface area contributed by atoms with Gasteiger partial charge in [-0.1, -0.05) is 6.07 Å². The lowest BCUT2D eigenvalue weighted by Crippen LogP contribution is -2.39. The number of benzene rings is 2. The quantitative estimate of drug-likeness (QED) is 0.443. The third-order valence-corrected chi connectivity index (χ3v) is 5.94. The molecule has 1 aliphatic rings. The fourth-order valence-electron chi connectivity index (χ4n) is 4.36. The second-order valence-electron chi connectivity index (χ2n) is 7.90. The van der Waals surface area contributed by atoms with Crippen molar-refractivity contribution in [2.24, 2.45) is 7.05 Å². The van der Waals surface area contributed by atoms with Gasteiger partial charge < -0.3 is 4.90 Å². The number of hydrogen-bond acceptors (Lipinski definition) is 4. The van der Waals surface area contributed by atoms with Crippen molar-refractivity contribution in [2.45, 2.75) is 19.4 Å². The van der Waals surface area contributed by atoms with Gasteiger partial charge in [-0.05, 0) is 43.7 Å². The van der Waals surface area contributed by atoms with Gasteiger partial charge >= 0.3 is 0 Å². The van der Waals surface area contributed by atoms with E-state index in [0.717, 1.165) is 17.7 Å². The van der Waals surface area contributed by atoms with Crippen LogP contribution >= 0.6 is 0 Å². The largest absolute Gasteiger partial charge is 0.330 e. The lowest BCUT2D eigenvalue weighted by atomic mass is 9.95. The Morgan fingerprint density at radius 2 is 1.88 bits per heavy atom. The Kier molecular flexibility index (Phi) is 4.99. The van der Waals surface area contributed by atoms with E-state index in [-0.39, 0.29) is 17.5 Å². The number of aromatic nitrogens is 5. The number of amides is 1. The molecule has 0 saturated heterocycles. The van der Waals surface area contributed by atoms with Gasteiger partial charge in [-0.2, -0.15) is 10.2 Å². The first-order valence-corrected chi connectivity index (χ1v) is 10.3. The number of carbonyl (C=O) groups is 1. The number of aryl methyl sites for hydroxylation is 1. The van der Waals surface area contributed by atoms with Gasteiger partial charge in [0.1, 0.15) is 12.7 Å². The molecular formula is C23H19F3N6O. The summed E-state index contributed by atoms with van der Waals surface area (Å²) in [6.07, 6.45) is 3.41. The topological polar surface area (TPSA) is 68.8 Å². The van der Waals surface area contributed by atoms with Crippen LogP contribution in [0.2, 0.25) is 0 Å². The van der Waals surface area contributed by atoms with Crippen molar-refractivity contribution in [3.8, 4) is 16.9 Å². The molecule has 2 aromatic carbocycles. The van der Waals surface area contributed by atoms with Crippen LogP contribution in [-0.2, 0) is 13.5 Å². The van der Waals surface area contributed by atoms with Gasteiger partial charge in [0.2, 0.25) is 0 Å². The number of fused-ring (bicyclic) bond motifs is 1. The minimum absolute atomic E-state index is 0.166. The average molecular weight is 452 g/mol. The minimum atomic E-state index is -1.51. The first-order chi connectivity index (χ1) is 15.8. The summed E-state index contributed by atoms with van der Waals surface area (Å²) >= 11 is 0. The van der Waals surface area contributed by atoms with Crippen molar-refractivity contribution >= 4 is 5.91 Å². The smallest absolute Gasteiger partial charge is 0.254 e. The van der Waals surface area contributed by atoms with Gasteiger partial charge in [-0.25, -0.2) is 22.8 Å². The summed E-state index contributed by atoms with van der Waals surface area (Å²) in [7, 11) is 1.66. The number of rotatable bonds is 3. The van der Waals surface area contributed by atoms with Gasteiger partial charge in [0.05, 0.1) is 23.1 Å². The summed E-state index contributed by atoms with van der Waals surface area (Å²) in [4.78, 5) is 19.0. The maximum atomic E-state index is 13.9. The molecule has 5 rings (SSSR count). The van der Waals surface area contributed by atoms with Gasteiger partial charge in [0, 0.05) is 30.3 Å². The molecule has 3 heterocycles. The van der Waals surface area contributed by atoms with E-state index in [4.69, 9.17) is 0 Å². The Labute approximate surface area is 187 Å². The van der Waals surface area contributed by atoms with Gasteiger partial charge in [0.25, 0.3) is 5.91 Å². The van der Waals surface area contributed by atoms with Crippen molar-refractivity contribution < 1.29 is 18.0 Å². The first-order valence-electron chi connectivity index (χ1n) is 10.3. The summed E-state index contributed by atoms with van der Waals surface area (Å²) in [5.41, 5.74) is 3.35. The van der Waals surface area contributed by atoms with Gasteiger partial charge in [-0.3, -0.25) is 9.48 Å². The zero-order chi connectivity index (χ0) is 23.3. The summed E-state index contributed by atoms with van der Waals surface area (Å²) in [5.74, 6) is -4.19. The van der Waals surface area contributed by atoms with Crippen LogP contribution in [0.5, 0.6) is 0 Å². The predicted octanol–water partition coefficient (Wildman–Crippen LogP) is 3.84. The van der Waals surface area contributed by atoms with E-state index < -0.39 is 17.5 Å². The third kappa shape index (κ3) is 3.47. The van der Waals surface area contributed by atoms with Gasteiger partial charge in [0.15, 0.2) is 17.5 Å². The number of hydrogen-bond donors (Lipinski definition) is 0. The van der Waals surface area contributed by atoms with Crippen LogP contribution < -0.4 is 0 Å². The molecule has 33 heavy (non-hydrogen) atoms. The van der Waals surface area contributed by atoms with Crippen molar-refractivity contribution in [3.63, 3.8) is 0 Å². The van der Waals surface area contributed by atoms with Crippen molar-refractivity contribution in [3.05, 3.63) is 83.3 Å². The number of nitrogens with zero attached hydrogens (tertiary/aromatic N) is 6. The first kappa shape index (κ1) is 20.9. The molecule has 2 aromatic heterocycles. The Bertz CT molecular complexity index is 1340. The van der Waals surface area contributed by atoms with Crippen LogP contribution in [0.4, 0.5) is 13.2 Å². The molecular weight excluding hydrogens is 433 g/mol. The molecule has 0 unspecified atom stereocenters. The van der Waals surface area contributed by atoms with E-state index in [1.165, 1.54) is 11.0 Å². The molecule has 0 N–H and O–H groups in total. The molecule has 1 aliphatic heterocycles. The third-order valence-electron chi connectivity index (χ3n) is 5.94. The maximum Gasteiger partial charge on any atom is 0.254 e. The van der Waals surface area contributed by atoms with E-state index in [2.05, 4.69) is 15.2 Å². The van der Waals surface area contributed by atoms with Crippen LogP contribution in [0.1, 0.15) is 34.6 Å². The monoisotopic (exact) mass is 452 g/mol. The second kappa shape index (κ2) is 7.88. The molecule has 0 bridgehead atoms. The van der Waals surface area contributed by atoms with Crippen LogP contribution in [0, 0.1) is 17.5 Å². The highest BCUT2D eigenvalue weighted by molar-refractivity contribution is 5.95. The lowest BCUT2D eigenvalue weighted by molar-refractivity contribution is 0.0673. The highest BCUT2D eigenvalue weighted by Crippen LogP contribution is 2.36. The van der Waals surface area contributed by atoms with E-state index in [9.17, 15) is 18.0 Å². The molecule has 168 valence electrons. The molecule has 10 heteroatoms. The Balaban J connectivity index is 1.48. The lowest BCUT2D eigenvalue weighted by Gasteiger charge is -2.33. The highest BCUT2D eigenvalue weighted by atomic mass is 19.2. The van der Waals surface area contributed by atoms with Crippen LogP contribution in [0.15, 0.2) is 49.1 Å². The van der Waals surface area contributed by atoms with Crippen molar-refractivity contribution in [1.29, 1.82) is 0 Å². The van der Waals surface area contributed by atoms with E-state index in [1.54, 1.807) is 41.2 Å². The molecule has 0 saturated carbocycles. The molecule has 0 fully saturated rings. The molecule has 0 radical (unpaired) electrons. The minimum Gasteiger partial charge on any atom is -0.330 e. The Hall–Kier alpha value is -3.95.